The average Bonchev–Trinajstić information content (AvgIpc) is 2.42. The normalized spacial score (nSPS) is 14.2. The van der Waals surface area contributed by atoms with Gasteiger partial charge in [-0.25, -0.2) is 0 Å². The summed E-state index contributed by atoms with van der Waals surface area (Å²) in [5, 5.41) is 12.6. The molecule has 0 spiro atoms. The van der Waals surface area contributed by atoms with Crippen LogP contribution in [0, 0.1) is 5.21 Å². The van der Waals surface area contributed by atoms with Gasteiger partial charge in [0.05, 0.1) is 0 Å². The molecule has 0 bridgehead atoms. The number of hydrogen-bond donors (Lipinski definition) is 0. The van der Waals surface area contributed by atoms with Gasteiger partial charge in [0.25, 0.3) is 0 Å². The summed E-state index contributed by atoms with van der Waals surface area (Å²) < 4.78 is 0. The van der Waals surface area contributed by atoms with E-state index in [1.54, 1.807) is 11.0 Å². The molecule has 1 aromatic rings. The largest absolute Gasteiger partial charge is 0.758 e. The third-order valence-electron chi connectivity index (χ3n) is 3.06. The Balaban J connectivity index is 2.04. The summed E-state index contributed by atoms with van der Waals surface area (Å²) in [7, 11) is 0. The Hall–Kier alpha value is -2.07. The summed E-state index contributed by atoms with van der Waals surface area (Å²) in [6.45, 7) is 2.44. The predicted molar refractivity (Wildman–Crippen MR) is 76.4 cm³/mol. The van der Waals surface area contributed by atoms with Gasteiger partial charge in [0.15, 0.2) is 0 Å². The zero-order chi connectivity index (χ0) is 13.7. The number of para-hydroxylation sites is 1. The molecule has 0 N–H and O–H groups in total. The van der Waals surface area contributed by atoms with Gasteiger partial charge in [0.1, 0.15) is 0 Å². The molecule has 4 nitrogen and oxygen atoms in total. The smallest absolute Gasteiger partial charge is 0.223 e. The molecule has 19 heavy (non-hydrogen) atoms. The summed E-state index contributed by atoms with van der Waals surface area (Å²) in [6, 6.07) is 9.49. The van der Waals surface area contributed by atoms with Crippen molar-refractivity contribution in [2.24, 2.45) is 0 Å². The number of benzene rings is 1. The highest BCUT2D eigenvalue weighted by molar-refractivity contribution is 5.91. The average molecular weight is 257 g/mol. The van der Waals surface area contributed by atoms with Crippen molar-refractivity contribution in [3.63, 3.8) is 0 Å². The molecular weight excluding hydrogens is 240 g/mol. The number of rotatable bonds is 4. The Labute approximate surface area is 113 Å². The Bertz CT molecular complexity index is 494. The molecule has 0 radical (unpaired) electrons. The number of hydrogen-bond acceptors (Lipinski definition) is 3. The van der Waals surface area contributed by atoms with Crippen molar-refractivity contribution >= 4 is 11.6 Å². The first kappa shape index (κ1) is 13.4. The fourth-order valence-electron chi connectivity index (χ4n) is 2.05. The Morgan fingerprint density at radius 2 is 2.11 bits per heavy atom. The quantitative estimate of drug-likeness (QED) is 0.833. The molecule has 0 saturated carbocycles. The first-order valence-electron chi connectivity index (χ1n) is 6.32. The van der Waals surface area contributed by atoms with E-state index in [2.05, 4.69) is 0 Å². The highest BCUT2D eigenvalue weighted by atomic mass is 16.5. The molecule has 1 aliphatic heterocycles. The molecule has 0 aromatic heterocycles. The topological polar surface area (TPSA) is 46.6 Å². The van der Waals surface area contributed by atoms with Crippen molar-refractivity contribution in [3.8, 4) is 0 Å². The van der Waals surface area contributed by atoms with Gasteiger partial charge >= 0.3 is 0 Å². The minimum absolute atomic E-state index is 0.0180. The maximum absolute atomic E-state index is 11.7. The fraction of sp³-hybridized carbons (Fsp3) is 0.267. The van der Waals surface area contributed by atoms with E-state index in [9.17, 15) is 10.0 Å². The zero-order valence-electron chi connectivity index (χ0n) is 11.0. The van der Waals surface area contributed by atoms with Gasteiger partial charge in [-0.05, 0) is 18.2 Å². The zero-order valence-corrected chi connectivity index (χ0v) is 11.0. The predicted octanol–water partition coefficient (Wildman–Crippen LogP) is 2.68. The van der Waals surface area contributed by atoms with E-state index in [0.717, 1.165) is 10.8 Å². The number of hydroxylamine groups is 2. The summed E-state index contributed by atoms with van der Waals surface area (Å²) in [5.41, 5.74) is 1.57. The van der Waals surface area contributed by atoms with Gasteiger partial charge in [0, 0.05) is 37.8 Å². The van der Waals surface area contributed by atoms with Crippen LogP contribution in [0.3, 0.4) is 0 Å². The molecule has 0 unspecified atom stereocenters. The second-order valence-corrected chi connectivity index (χ2v) is 4.40. The van der Waals surface area contributed by atoms with E-state index in [1.807, 2.05) is 42.5 Å². The van der Waals surface area contributed by atoms with Crippen molar-refractivity contribution in [2.45, 2.75) is 13.3 Å². The van der Waals surface area contributed by atoms with E-state index in [1.165, 1.54) is 6.92 Å². The molecule has 1 aromatic carbocycles. The van der Waals surface area contributed by atoms with Crippen molar-refractivity contribution in [2.75, 3.05) is 18.0 Å². The lowest BCUT2D eigenvalue weighted by atomic mass is 10.2. The second kappa shape index (κ2) is 6.20. The summed E-state index contributed by atoms with van der Waals surface area (Å²) in [4.78, 5) is 13.4. The molecule has 1 amide bonds. The fourth-order valence-corrected chi connectivity index (χ4v) is 2.05. The van der Waals surface area contributed by atoms with Gasteiger partial charge in [-0.15, -0.1) is 0 Å². The summed E-state index contributed by atoms with van der Waals surface area (Å²) in [5.74, 6) is -0.0180. The lowest BCUT2D eigenvalue weighted by molar-refractivity contribution is -0.116. The van der Waals surface area contributed by atoms with E-state index in [-0.39, 0.29) is 5.91 Å². The number of amides is 1. The molecule has 2 rings (SSSR count). The third kappa shape index (κ3) is 3.45. The van der Waals surface area contributed by atoms with Crippen molar-refractivity contribution < 1.29 is 4.79 Å². The molecule has 1 aliphatic rings. The number of nitrogens with zero attached hydrogens (tertiary/aromatic N) is 2. The molecule has 100 valence electrons. The number of carbonyl (C=O) groups excluding carboxylic acids is 1. The monoisotopic (exact) mass is 257 g/mol. The van der Waals surface area contributed by atoms with Crippen LogP contribution < -0.4 is 4.90 Å². The van der Waals surface area contributed by atoms with Gasteiger partial charge < -0.3 is 15.2 Å². The van der Waals surface area contributed by atoms with E-state index >= 15 is 0 Å². The van der Waals surface area contributed by atoms with Gasteiger partial charge in [0.2, 0.25) is 5.91 Å². The molecule has 0 saturated heterocycles. The van der Waals surface area contributed by atoms with Crippen LogP contribution in [0.1, 0.15) is 13.3 Å². The molecule has 0 aliphatic carbocycles. The molecule has 1 heterocycles. The van der Waals surface area contributed by atoms with Crippen LogP contribution in [0.25, 0.3) is 0 Å². The third-order valence-corrected chi connectivity index (χ3v) is 3.06. The van der Waals surface area contributed by atoms with Crippen LogP contribution in [0.15, 0.2) is 54.3 Å². The lowest BCUT2D eigenvalue weighted by Gasteiger charge is -2.35. The summed E-state index contributed by atoms with van der Waals surface area (Å²) >= 11 is 0. The Morgan fingerprint density at radius 3 is 2.74 bits per heavy atom. The van der Waals surface area contributed by atoms with Crippen LogP contribution in [-0.2, 0) is 4.79 Å². The molecular formula is C15H17N2O2-. The van der Waals surface area contributed by atoms with Crippen LogP contribution in [0.5, 0.6) is 0 Å². The van der Waals surface area contributed by atoms with Crippen molar-refractivity contribution in [3.05, 3.63) is 59.5 Å². The molecule has 0 atom stereocenters. The van der Waals surface area contributed by atoms with E-state index in [0.29, 0.717) is 25.2 Å². The minimum Gasteiger partial charge on any atom is -0.758 e. The van der Waals surface area contributed by atoms with Crippen LogP contribution >= 0.6 is 0 Å². The van der Waals surface area contributed by atoms with E-state index < -0.39 is 0 Å². The summed E-state index contributed by atoms with van der Waals surface area (Å²) in [6.07, 6.45) is 6.06. The SMILES string of the molecule is CC(=O)N(CCC1=CC=CCN1[O-])c1ccccc1. The first-order valence-corrected chi connectivity index (χ1v) is 6.32. The van der Waals surface area contributed by atoms with Crippen molar-refractivity contribution in [1.82, 2.24) is 5.06 Å². The number of anilines is 1. The van der Waals surface area contributed by atoms with Gasteiger partial charge in [-0.3, -0.25) is 4.79 Å². The Morgan fingerprint density at radius 1 is 1.37 bits per heavy atom. The van der Waals surface area contributed by atoms with Crippen LogP contribution in [0.2, 0.25) is 0 Å². The first-order chi connectivity index (χ1) is 9.18. The van der Waals surface area contributed by atoms with E-state index in [4.69, 9.17) is 0 Å². The van der Waals surface area contributed by atoms with Crippen LogP contribution in [0.4, 0.5) is 5.69 Å². The minimum atomic E-state index is -0.0180. The van der Waals surface area contributed by atoms with Crippen molar-refractivity contribution in [1.29, 1.82) is 0 Å². The van der Waals surface area contributed by atoms with Gasteiger partial charge in [-0.2, -0.15) is 0 Å². The number of carbonyl (C=O) groups is 1. The Kier molecular flexibility index (Phi) is 4.36. The highest BCUT2D eigenvalue weighted by Gasteiger charge is 2.12. The second-order valence-electron chi connectivity index (χ2n) is 4.40. The molecule has 0 fully saturated rings. The number of allylic oxidation sites excluding steroid dienone is 2. The highest BCUT2D eigenvalue weighted by Crippen LogP contribution is 2.18. The molecule has 4 heteroatoms. The maximum Gasteiger partial charge on any atom is 0.223 e. The van der Waals surface area contributed by atoms with Gasteiger partial charge in [-0.1, -0.05) is 30.4 Å². The van der Waals surface area contributed by atoms with Crippen LogP contribution in [-0.4, -0.2) is 24.1 Å². The standard InChI is InChI=1S/C15H17N2O2/c1-13(18)16(14-7-3-2-4-8-14)12-10-15-9-5-6-11-17(15)19/h2-9H,10-12H2,1H3/q-1. The maximum atomic E-state index is 11.7. The lowest BCUT2D eigenvalue weighted by Crippen LogP contribution is -2.31.